The van der Waals surface area contributed by atoms with Crippen molar-refractivity contribution in [3.63, 3.8) is 0 Å². The van der Waals surface area contributed by atoms with Crippen LogP contribution in [-0.4, -0.2) is 33.4 Å². The van der Waals surface area contributed by atoms with Crippen molar-refractivity contribution >= 4 is 81.9 Å². The summed E-state index contributed by atoms with van der Waals surface area (Å²) in [6.45, 7) is 5.14. The van der Waals surface area contributed by atoms with E-state index in [0.717, 1.165) is 11.9 Å². The molecule has 2 aromatic heterocycles. The molecule has 5 heteroatoms. The SMILES string of the molecule is C=CC(=O)OCCn1c2ccccc2c2ccc3ccccc3c21.OCCn1c2ccccc2c2ccc3ccccc3c21.c1ccc2c(c1)Cc1c-2ccc2ccccc12. The molecule has 0 atom stereocenters. The highest BCUT2D eigenvalue weighted by Gasteiger charge is 2.19. The number of nitrogens with zero attached hydrogens (tertiary/aromatic N) is 2. The van der Waals surface area contributed by atoms with Gasteiger partial charge in [0.15, 0.2) is 0 Å². The summed E-state index contributed by atoms with van der Waals surface area (Å²) in [4.78, 5) is 11.3. The second-order valence-corrected chi connectivity index (χ2v) is 15.4. The van der Waals surface area contributed by atoms with E-state index >= 15 is 0 Å². The predicted octanol–water partition coefficient (Wildman–Crippen LogP) is 13.0. The van der Waals surface area contributed by atoms with Gasteiger partial charge in [-0.05, 0) is 62.4 Å². The fourth-order valence-corrected chi connectivity index (χ4v) is 9.41. The van der Waals surface area contributed by atoms with E-state index in [2.05, 4.69) is 186 Å². The van der Waals surface area contributed by atoms with E-state index in [9.17, 15) is 9.90 Å². The first kappa shape index (κ1) is 37.8. The third kappa shape index (κ3) is 6.79. The van der Waals surface area contributed by atoms with Gasteiger partial charge in [-0.25, -0.2) is 4.79 Å². The zero-order valence-electron chi connectivity index (χ0n) is 33.8. The van der Waals surface area contributed by atoms with Gasteiger partial charge in [-0.15, -0.1) is 0 Å². The van der Waals surface area contributed by atoms with Crippen LogP contribution in [0.1, 0.15) is 11.1 Å². The third-order valence-electron chi connectivity index (χ3n) is 12.1. The number of ether oxygens (including phenoxy) is 1. The van der Waals surface area contributed by atoms with Crippen molar-refractivity contribution in [2.45, 2.75) is 19.5 Å². The lowest BCUT2D eigenvalue weighted by Crippen LogP contribution is -2.09. The van der Waals surface area contributed by atoms with Crippen molar-refractivity contribution in [3.8, 4) is 11.1 Å². The molecular formula is C56H44N2O3. The number of hydrogen-bond acceptors (Lipinski definition) is 3. The summed E-state index contributed by atoms with van der Waals surface area (Å²) < 4.78 is 9.67. The molecule has 1 aliphatic rings. The first-order valence-electron chi connectivity index (χ1n) is 20.9. The maximum absolute atomic E-state index is 11.3. The van der Waals surface area contributed by atoms with Crippen LogP contribution in [0.3, 0.4) is 0 Å². The van der Waals surface area contributed by atoms with E-state index in [1.165, 1.54) is 98.7 Å². The molecule has 0 aliphatic heterocycles. The maximum atomic E-state index is 11.3. The lowest BCUT2D eigenvalue weighted by atomic mass is 9.99. The molecule has 12 rings (SSSR count). The van der Waals surface area contributed by atoms with Crippen molar-refractivity contribution in [2.75, 3.05) is 13.2 Å². The molecule has 1 aliphatic carbocycles. The molecule has 9 aromatic carbocycles. The number of para-hydroxylation sites is 2. The average molecular weight is 793 g/mol. The van der Waals surface area contributed by atoms with Crippen LogP contribution in [-0.2, 0) is 29.0 Å². The molecule has 296 valence electrons. The standard InChI is InChI=1S/C21H17NO2.C18H15NO.C17H12/c1-2-20(23)24-14-13-22-19-10-6-5-9-17(19)18-12-11-15-7-3-4-8-16(15)21(18)22;20-12-11-19-17-8-4-3-7-15(17)16-10-9-13-5-1-2-6-14(13)18(16)19;1-3-7-14-12(5-1)9-10-16-15-8-4-2-6-13(15)11-17(14)16/h2-12H,1,13-14H2;1-10,20H,11-12H2;1-10H,11H2. The summed E-state index contributed by atoms with van der Waals surface area (Å²) in [6.07, 6.45) is 2.27. The first-order valence-corrected chi connectivity index (χ1v) is 20.9. The summed E-state index contributed by atoms with van der Waals surface area (Å²) in [5.41, 5.74) is 10.5. The van der Waals surface area contributed by atoms with E-state index in [1.807, 2.05) is 12.1 Å². The highest BCUT2D eigenvalue weighted by Crippen LogP contribution is 2.40. The normalized spacial score (nSPS) is 11.7. The van der Waals surface area contributed by atoms with Crippen LogP contribution in [0.25, 0.3) is 87.1 Å². The molecule has 0 radical (unpaired) electrons. The van der Waals surface area contributed by atoms with Crippen molar-refractivity contribution < 1.29 is 14.6 Å². The predicted molar refractivity (Wildman–Crippen MR) is 254 cm³/mol. The Kier molecular flexibility index (Phi) is 10.1. The van der Waals surface area contributed by atoms with Gasteiger partial charge in [-0.3, -0.25) is 0 Å². The van der Waals surface area contributed by atoms with Gasteiger partial charge in [0.2, 0.25) is 0 Å². The first-order chi connectivity index (χ1) is 30.1. The Balaban J connectivity index is 0.000000111. The van der Waals surface area contributed by atoms with Crippen LogP contribution >= 0.6 is 0 Å². The molecule has 0 fully saturated rings. The highest BCUT2D eigenvalue weighted by molar-refractivity contribution is 6.18. The number of fused-ring (bicyclic) bond motifs is 15. The third-order valence-corrected chi connectivity index (χ3v) is 12.1. The molecule has 1 N–H and O–H groups in total. The summed E-state index contributed by atoms with van der Waals surface area (Å²) in [5.74, 6) is -0.388. The van der Waals surface area contributed by atoms with E-state index in [1.54, 1.807) is 0 Å². The Morgan fingerprint density at radius 3 is 1.57 bits per heavy atom. The van der Waals surface area contributed by atoms with Gasteiger partial charge in [0.1, 0.15) is 6.61 Å². The Bertz CT molecular complexity index is 3440. The fraction of sp³-hybridized carbons (Fsp3) is 0.0893. The number of esters is 1. The monoisotopic (exact) mass is 792 g/mol. The van der Waals surface area contributed by atoms with Gasteiger partial charge in [0.05, 0.1) is 24.2 Å². The van der Waals surface area contributed by atoms with Crippen LogP contribution in [0.5, 0.6) is 0 Å². The van der Waals surface area contributed by atoms with Crippen molar-refractivity contribution in [3.05, 3.63) is 206 Å². The van der Waals surface area contributed by atoms with Crippen LogP contribution in [0.15, 0.2) is 195 Å². The number of hydrogen-bond donors (Lipinski definition) is 1. The summed E-state index contributed by atoms with van der Waals surface area (Å²) in [5, 5.41) is 22.0. The van der Waals surface area contributed by atoms with E-state index in [0.29, 0.717) is 19.7 Å². The number of aromatic nitrogens is 2. The molecule has 2 heterocycles. The molecule has 61 heavy (non-hydrogen) atoms. The molecule has 0 saturated carbocycles. The molecule has 11 aromatic rings. The zero-order chi connectivity index (χ0) is 41.3. The van der Waals surface area contributed by atoms with Gasteiger partial charge < -0.3 is 19.0 Å². The molecule has 0 amide bonds. The summed E-state index contributed by atoms with van der Waals surface area (Å²) in [7, 11) is 0. The van der Waals surface area contributed by atoms with Gasteiger partial charge in [-0.1, -0.05) is 176 Å². The van der Waals surface area contributed by atoms with Crippen LogP contribution in [0.4, 0.5) is 0 Å². The van der Waals surface area contributed by atoms with E-state index in [4.69, 9.17) is 4.74 Å². The Morgan fingerprint density at radius 2 is 0.984 bits per heavy atom. The lowest BCUT2D eigenvalue weighted by Gasteiger charge is -2.09. The Labute approximate surface area is 354 Å². The van der Waals surface area contributed by atoms with Crippen LogP contribution in [0.2, 0.25) is 0 Å². The van der Waals surface area contributed by atoms with Crippen molar-refractivity contribution in [1.82, 2.24) is 9.13 Å². The molecule has 0 bridgehead atoms. The van der Waals surface area contributed by atoms with E-state index in [-0.39, 0.29) is 12.6 Å². The molecule has 0 spiro atoms. The zero-order valence-corrected chi connectivity index (χ0v) is 33.8. The second kappa shape index (κ2) is 16.3. The van der Waals surface area contributed by atoms with Gasteiger partial charge >= 0.3 is 5.97 Å². The molecule has 0 unspecified atom stereocenters. The number of rotatable bonds is 6. The fourth-order valence-electron chi connectivity index (χ4n) is 9.41. The average Bonchev–Trinajstić information content (AvgIpc) is 3.98. The molecular weight excluding hydrogens is 749 g/mol. The topological polar surface area (TPSA) is 56.4 Å². The maximum Gasteiger partial charge on any atom is 0.330 e. The summed E-state index contributed by atoms with van der Waals surface area (Å²) >= 11 is 0. The number of aliphatic hydroxyl groups excluding tert-OH is 1. The smallest absolute Gasteiger partial charge is 0.330 e. The molecule has 0 saturated heterocycles. The lowest BCUT2D eigenvalue weighted by molar-refractivity contribution is -0.137. The van der Waals surface area contributed by atoms with Gasteiger partial charge in [0, 0.05) is 56.0 Å². The van der Waals surface area contributed by atoms with E-state index < -0.39 is 0 Å². The summed E-state index contributed by atoms with van der Waals surface area (Å²) in [6, 6.07) is 64.1. The largest absolute Gasteiger partial charge is 0.461 e. The number of aliphatic hydroxyl groups is 1. The number of carbonyl (C=O) groups excluding carboxylic acids is 1. The minimum atomic E-state index is -0.388. The second-order valence-electron chi connectivity index (χ2n) is 15.4. The van der Waals surface area contributed by atoms with Crippen LogP contribution in [0, 0.1) is 0 Å². The quantitative estimate of drug-likeness (QED) is 0.135. The van der Waals surface area contributed by atoms with Gasteiger partial charge in [-0.2, -0.15) is 0 Å². The minimum absolute atomic E-state index is 0.150. The molecule has 5 nitrogen and oxygen atoms in total. The van der Waals surface area contributed by atoms with Crippen molar-refractivity contribution in [1.29, 1.82) is 0 Å². The number of benzene rings is 9. The van der Waals surface area contributed by atoms with Gasteiger partial charge in [0.25, 0.3) is 0 Å². The Hall–Kier alpha value is -7.47. The minimum Gasteiger partial charge on any atom is -0.461 e. The Morgan fingerprint density at radius 1 is 0.508 bits per heavy atom. The van der Waals surface area contributed by atoms with Crippen molar-refractivity contribution in [2.24, 2.45) is 0 Å². The number of carbonyl (C=O) groups is 1. The highest BCUT2D eigenvalue weighted by atomic mass is 16.5. The van der Waals surface area contributed by atoms with Crippen LogP contribution < -0.4 is 0 Å².